The Kier molecular flexibility index (Phi) is 2.42. The molecule has 1 atom stereocenters. The highest BCUT2D eigenvalue weighted by Gasteiger charge is 2.13. The fourth-order valence-electron chi connectivity index (χ4n) is 1.34. The third-order valence-corrected chi connectivity index (χ3v) is 2.00. The van der Waals surface area contributed by atoms with Crippen LogP contribution in [0.1, 0.15) is 18.7 Å². The summed E-state index contributed by atoms with van der Waals surface area (Å²) < 4.78 is 1.62. The first-order valence-corrected chi connectivity index (χ1v) is 4.61. The third kappa shape index (κ3) is 1.84. The molecule has 2 rings (SSSR count). The van der Waals surface area contributed by atoms with Crippen LogP contribution in [0, 0.1) is 0 Å². The maximum atomic E-state index is 5.80. The smallest absolute Gasteiger partial charge is 0.133 e. The highest BCUT2D eigenvalue weighted by Crippen LogP contribution is 2.20. The molecule has 0 aliphatic rings. The molecule has 0 fully saturated rings. The maximum Gasteiger partial charge on any atom is 0.133 e. The molecular weight excluding hydrogens is 192 g/mol. The van der Waals surface area contributed by atoms with Crippen LogP contribution in [0.5, 0.6) is 0 Å². The van der Waals surface area contributed by atoms with Gasteiger partial charge in [0, 0.05) is 25.5 Å². The van der Waals surface area contributed by atoms with Crippen molar-refractivity contribution in [3.8, 4) is 11.4 Å². The van der Waals surface area contributed by atoms with Crippen LogP contribution in [0.4, 0.5) is 0 Å². The van der Waals surface area contributed by atoms with Gasteiger partial charge in [0.15, 0.2) is 0 Å². The number of nitrogens with two attached hydrogens (primary N) is 1. The van der Waals surface area contributed by atoms with E-state index < -0.39 is 0 Å². The van der Waals surface area contributed by atoms with E-state index in [-0.39, 0.29) is 6.04 Å². The van der Waals surface area contributed by atoms with E-state index in [4.69, 9.17) is 5.73 Å². The Labute approximate surface area is 87.2 Å². The zero-order valence-corrected chi connectivity index (χ0v) is 8.62. The predicted octanol–water partition coefficient (Wildman–Crippen LogP) is 0.292. The monoisotopic (exact) mass is 204 g/mol. The van der Waals surface area contributed by atoms with E-state index in [1.165, 1.54) is 0 Å². The topological polar surface area (TPSA) is 82.5 Å². The van der Waals surface area contributed by atoms with E-state index in [0.29, 0.717) is 11.4 Å². The van der Waals surface area contributed by atoms with Crippen molar-refractivity contribution in [2.24, 2.45) is 12.8 Å². The van der Waals surface area contributed by atoms with Gasteiger partial charge in [0.2, 0.25) is 0 Å². The van der Waals surface area contributed by atoms with Gasteiger partial charge < -0.3 is 5.73 Å². The molecule has 0 amide bonds. The Balaban J connectivity index is 2.52. The molecule has 0 spiro atoms. The first kappa shape index (κ1) is 9.72. The molecule has 2 heterocycles. The Bertz CT molecular complexity index is 461. The van der Waals surface area contributed by atoms with Gasteiger partial charge in [-0.3, -0.25) is 14.6 Å². The van der Waals surface area contributed by atoms with Crippen molar-refractivity contribution in [2.45, 2.75) is 13.0 Å². The first-order chi connectivity index (χ1) is 7.18. The molecule has 0 aromatic carbocycles. The minimum atomic E-state index is -0.171. The summed E-state index contributed by atoms with van der Waals surface area (Å²) in [4.78, 5) is 8.42. The molecule has 0 radical (unpaired) electrons. The van der Waals surface area contributed by atoms with Gasteiger partial charge in [-0.2, -0.15) is 0 Å². The van der Waals surface area contributed by atoms with Crippen LogP contribution < -0.4 is 5.73 Å². The molecule has 1 unspecified atom stereocenters. The Morgan fingerprint density at radius 3 is 2.67 bits per heavy atom. The summed E-state index contributed by atoms with van der Waals surface area (Å²) in [6, 6.07) is -0.171. The third-order valence-electron chi connectivity index (χ3n) is 2.00. The molecular formula is C9H12N6. The van der Waals surface area contributed by atoms with Crippen LogP contribution in [0.15, 0.2) is 18.6 Å². The summed E-state index contributed by atoms with van der Waals surface area (Å²) in [6.45, 7) is 1.86. The number of aryl methyl sites for hydroxylation is 1. The van der Waals surface area contributed by atoms with Crippen LogP contribution in [0.3, 0.4) is 0 Å². The van der Waals surface area contributed by atoms with Crippen LogP contribution in [0.25, 0.3) is 11.4 Å². The normalized spacial score (nSPS) is 12.7. The molecule has 6 nitrogen and oxygen atoms in total. The van der Waals surface area contributed by atoms with Gasteiger partial charge in [0.25, 0.3) is 0 Å². The summed E-state index contributed by atoms with van der Waals surface area (Å²) in [7, 11) is 1.80. The van der Waals surface area contributed by atoms with E-state index in [1.807, 2.05) is 6.92 Å². The van der Waals surface area contributed by atoms with Gasteiger partial charge in [-0.15, -0.1) is 5.10 Å². The van der Waals surface area contributed by atoms with Gasteiger partial charge in [0.05, 0.1) is 11.9 Å². The van der Waals surface area contributed by atoms with Crippen molar-refractivity contribution in [3.63, 3.8) is 0 Å². The lowest BCUT2D eigenvalue weighted by molar-refractivity contribution is 0.715. The number of aromatic nitrogens is 5. The molecule has 2 N–H and O–H groups in total. The van der Waals surface area contributed by atoms with Crippen molar-refractivity contribution in [2.75, 3.05) is 0 Å². The van der Waals surface area contributed by atoms with E-state index in [0.717, 1.165) is 5.69 Å². The number of nitrogens with zero attached hydrogens (tertiary/aromatic N) is 5. The molecule has 78 valence electrons. The van der Waals surface area contributed by atoms with Crippen LogP contribution in [-0.2, 0) is 7.05 Å². The molecule has 0 saturated heterocycles. The van der Waals surface area contributed by atoms with Gasteiger partial charge in [-0.05, 0) is 6.92 Å². The quantitative estimate of drug-likeness (QED) is 0.760. The Morgan fingerprint density at radius 1 is 1.33 bits per heavy atom. The van der Waals surface area contributed by atoms with E-state index in [9.17, 15) is 0 Å². The summed E-state index contributed by atoms with van der Waals surface area (Å²) >= 11 is 0. The SMILES string of the molecule is CC(N)c1nccnc1-c1cn(C)nn1. The molecule has 6 heteroatoms. The first-order valence-electron chi connectivity index (χ1n) is 4.61. The van der Waals surface area contributed by atoms with Crippen molar-refractivity contribution in [3.05, 3.63) is 24.3 Å². The second kappa shape index (κ2) is 3.74. The average molecular weight is 204 g/mol. The molecule has 0 aliphatic heterocycles. The molecule has 15 heavy (non-hydrogen) atoms. The molecule has 0 saturated carbocycles. The number of hydrogen-bond acceptors (Lipinski definition) is 5. The Hall–Kier alpha value is -1.82. The van der Waals surface area contributed by atoms with Crippen LogP contribution >= 0.6 is 0 Å². The minimum absolute atomic E-state index is 0.171. The second-order valence-electron chi connectivity index (χ2n) is 3.36. The molecule has 2 aromatic rings. The van der Waals surface area contributed by atoms with Gasteiger partial charge in [-0.25, -0.2) is 0 Å². The fourth-order valence-corrected chi connectivity index (χ4v) is 1.34. The highest BCUT2D eigenvalue weighted by molar-refractivity contribution is 5.55. The fraction of sp³-hybridized carbons (Fsp3) is 0.333. The average Bonchev–Trinajstić information content (AvgIpc) is 2.65. The maximum absolute atomic E-state index is 5.80. The predicted molar refractivity (Wildman–Crippen MR) is 54.6 cm³/mol. The standard InChI is InChI=1S/C9H12N6/c1-6(10)8-9(12-4-3-11-8)7-5-15(2)14-13-7/h3-6H,10H2,1-2H3. The summed E-state index contributed by atoms with van der Waals surface area (Å²) in [5.74, 6) is 0. The van der Waals surface area contributed by atoms with Gasteiger partial charge in [0.1, 0.15) is 11.4 Å². The van der Waals surface area contributed by atoms with E-state index >= 15 is 0 Å². The number of hydrogen-bond donors (Lipinski definition) is 1. The summed E-state index contributed by atoms with van der Waals surface area (Å²) in [5, 5.41) is 7.84. The van der Waals surface area contributed by atoms with Gasteiger partial charge >= 0.3 is 0 Å². The zero-order chi connectivity index (χ0) is 10.8. The van der Waals surface area contributed by atoms with Crippen LogP contribution in [-0.4, -0.2) is 25.0 Å². The highest BCUT2D eigenvalue weighted by atomic mass is 15.4. The molecule has 2 aromatic heterocycles. The minimum Gasteiger partial charge on any atom is -0.323 e. The zero-order valence-electron chi connectivity index (χ0n) is 8.62. The summed E-state index contributed by atoms with van der Waals surface area (Å²) in [5.41, 5.74) is 7.92. The lowest BCUT2D eigenvalue weighted by Gasteiger charge is -2.07. The van der Waals surface area contributed by atoms with E-state index in [2.05, 4.69) is 20.3 Å². The summed E-state index contributed by atoms with van der Waals surface area (Å²) in [6.07, 6.45) is 5.03. The van der Waals surface area contributed by atoms with Crippen molar-refractivity contribution in [1.29, 1.82) is 0 Å². The Morgan fingerprint density at radius 2 is 2.07 bits per heavy atom. The van der Waals surface area contributed by atoms with Crippen molar-refractivity contribution >= 4 is 0 Å². The molecule has 0 aliphatic carbocycles. The van der Waals surface area contributed by atoms with E-state index in [1.54, 1.807) is 30.3 Å². The lowest BCUT2D eigenvalue weighted by Crippen LogP contribution is -2.10. The van der Waals surface area contributed by atoms with Gasteiger partial charge in [-0.1, -0.05) is 5.21 Å². The van der Waals surface area contributed by atoms with Crippen LogP contribution in [0.2, 0.25) is 0 Å². The largest absolute Gasteiger partial charge is 0.323 e. The number of rotatable bonds is 2. The lowest BCUT2D eigenvalue weighted by atomic mass is 10.1. The van der Waals surface area contributed by atoms with Crippen molar-refractivity contribution in [1.82, 2.24) is 25.0 Å². The second-order valence-corrected chi connectivity index (χ2v) is 3.36. The molecule has 0 bridgehead atoms. The van der Waals surface area contributed by atoms with Crippen molar-refractivity contribution < 1.29 is 0 Å².